The maximum Gasteiger partial charge on any atom is 0.315 e. The van der Waals surface area contributed by atoms with E-state index in [1.54, 1.807) is 0 Å². The molecule has 154 valence electrons. The zero-order valence-corrected chi connectivity index (χ0v) is 17.4. The standard InChI is InChI=1S/C24H31N3O2/c1-18(2)26-24(29)25-17-21-8-10-22(11-9-21)23(28)27-14-12-20(13-15-27)16-19-6-4-3-5-7-19/h3-11,18,20H,12-17H2,1-2H3,(H2,25,26,29). The average Bonchev–Trinajstić information content (AvgIpc) is 2.73. The molecule has 1 heterocycles. The molecule has 0 atom stereocenters. The quantitative estimate of drug-likeness (QED) is 0.780. The summed E-state index contributed by atoms with van der Waals surface area (Å²) in [5.74, 6) is 0.743. The smallest absolute Gasteiger partial charge is 0.315 e. The summed E-state index contributed by atoms with van der Waals surface area (Å²) in [6.45, 7) is 5.91. The second kappa shape index (κ2) is 10.1. The van der Waals surface area contributed by atoms with Crippen LogP contribution in [0.5, 0.6) is 0 Å². The van der Waals surface area contributed by atoms with E-state index in [9.17, 15) is 9.59 Å². The molecule has 1 aliphatic rings. The van der Waals surface area contributed by atoms with E-state index in [1.807, 2.05) is 49.1 Å². The zero-order chi connectivity index (χ0) is 20.6. The molecule has 2 N–H and O–H groups in total. The molecule has 3 amide bonds. The van der Waals surface area contributed by atoms with Crippen LogP contribution in [0.4, 0.5) is 4.79 Å². The third-order valence-corrected chi connectivity index (χ3v) is 5.34. The van der Waals surface area contributed by atoms with Crippen LogP contribution in [-0.4, -0.2) is 36.0 Å². The van der Waals surface area contributed by atoms with Crippen LogP contribution in [0.1, 0.15) is 48.2 Å². The summed E-state index contributed by atoms with van der Waals surface area (Å²) >= 11 is 0. The zero-order valence-electron chi connectivity index (χ0n) is 17.4. The Labute approximate surface area is 173 Å². The molecule has 5 nitrogen and oxygen atoms in total. The first-order valence-electron chi connectivity index (χ1n) is 10.5. The summed E-state index contributed by atoms with van der Waals surface area (Å²) in [6, 6.07) is 18.0. The Kier molecular flexibility index (Phi) is 7.28. The number of carbonyl (C=O) groups is 2. The molecule has 1 aliphatic heterocycles. The van der Waals surface area contributed by atoms with Gasteiger partial charge in [0, 0.05) is 31.2 Å². The number of nitrogens with one attached hydrogen (secondary N) is 2. The van der Waals surface area contributed by atoms with Gasteiger partial charge >= 0.3 is 6.03 Å². The number of urea groups is 1. The van der Waals surface area contributed by atoms with Gasteiger partial charge in [-0.3, -0.25) is 4.79 Å². The van der Waals surface area contributed by atoms with Crippen LogP contribution in [0.15, 0.2) is 54.6 Å². The summed E-state index contributed by atoms with van der Waals surface area (Å²) in [5, 5.41) is 5.62. The van der Waals surface area contributed by atoms with Gasteiger partial charge in [-0.2, -0.15) is 0 Å². The Morgan fingerprint density at radius 2 is 1.62 bits per heavy atom. The van der Waals surface area contributed by atoms with Crippen molar-refractivity contribution in [1.29, 1.82) is 0 Å². The number of carbonyl (C=O) groups excluding carboxylic acids is 2. The van der Waals surface area contributed by atoms with E-state index in [1.165, 1.54) is 5.56 Å². The summed E-state index contributed by atoms with van der Waals surface area (Å²) < 4.78 is 0. The van der Waals surface area contributed by atoms with Crippen LogP contribution < -0.4 is 10.6 Å². The van der Waals surface area contributed by atoms with Crippen LogP contribution >= 0.6 is 0 Å². The fourth-order valence-corrected chi connectivity index (χ4v) is 3.73. The number of benzene rings is 2. The minimum absolute atomic E-state index is 0.0974. The highest BCUT2D eigenvalue weighted by Gasteiger charge is 2.23. The molecule has 1 saturated heterocycles. The van der Waals surface area contributed by atoms with E-state index in [0.717, 1.165) is 37.9 Å². The Hall–Kier alpha value is -2.82. The molecule has 0 spiro atoms. The first kappa shape index (κ1) is 20.9. The van der Waals surface area contributed by atoms with Crippen molar-refractivity contribution in [3.63, 3.8) is 0 Å². The van der Waals surface area contributed by atoms with Gasteiger partial charge in [0.15, 0.2) is 0 Å². The molecule has 0 radical (unpaired) electrons. The number of rotatable bonds is 6. The van der Waals surface area contributed by atoms with Crippen molar-refractivity contribution >= 4 is 11.9 Å². The fourth-order valence-electron chi connectivity index (χ4n) is 3.73. The van der Waals surface area contributed by atoms with Crippen LogP contribution in [-0.2, 0) is 13.0 Å². The molecule has 3 rings (SSSR count). The van der Waals surface area contributed by atoms with E-state index >= 15 is 0 Å². The third kappa shape index (κ3) is 6.34. The largest absolute Gasteiger partial charge is 0.339 e. The summed E-state index contributed by atoms with van der Waals surface area (Å²) in [4.78, 5) is 26.4. The minimum atomic E-state index is -0.182. The van der Waals surface area contributed by atoms with E-state index in [0.29, 0.717) is 18.0 Å². The van der Waals surface area contributed by atoms with Crippen LogP contribution in [0, 0.1) is 5.92 Å². The molecule has 0 saturated carbocycles. The van der Waals surface area contributed by atoms with Crippen molar-refractivity contribution in [2.75, 3.05) is 13.1 Å². The van der Waals surface area contributed by atoms with Crippen molar-refractivity contribution in [1.82, 2.24) is 15.5 Å². The number of amides is 3. The van der Waals surface area contributed by atoms with Gasteiger partial charge in [-0.05, 0) is 62.3 Å². The SMILES string of the molecule is CC(C)NC(=O)NCc1ccc(C(=O)N2CCC(Cc3ccccc3)CC2)cc1. The maximum atomic E-state index is 12.8. The number of hydrogen-bond acceptors (Lipinski definition) is 2. The van der Waals surface area contributed by atoms with Crippen molar-refractivity contribution in [3.05, 3.63) is 71.3 Å². The lowest BCUT2D eigenvalue weighted by molar-refractivity contribution is 0.0690. The van der Waals surface area contributed by atoms with Gasteiger partial charge in [0.25, 0.3) is 5.91 Å². The van der Waals surface area contributed by atoms with Crippen molar-refractivity contribution in [2.24, 2.45) is 5.92 Å². The highest BCUT2D eigenvalue weighted by molar-refractivity contribution is 5.94. The minimum Gasteiger partial charge on any atom is -0.339 e. The molecule has 2 aromatic rings. The Morgan fingerprint density at radius 3 is 2.24 bits per heavy atom. The molecule has 0 aliphatic carbocycles. The van der Waals surface area contributed by atoms with Gasteiger partial charge < -0.3 is 15.5 Å². The number of nitrogens with zero attached hydrogens (tertiary/aromatic N) is 1. The molecule has 1 fully saturated rings. The first-order chi connectivity index (χ1) is 14.0. The van der Waals surface area contributed by atoms with Crippen LogP contribution in [0.3, 0.4) is 0 Å². The Bertz CT molecular complexity index is 795. The van der Waals surface area contributed by atoms with Crippen LogP contribution in [0.2, 0.25) is 0 Å². The number of piperidine rings is 1. The Balaban J connectivity index is 1.46. The van der Waals surface area contributed by atoms with Gasteiger partial charge in [0.1, 0.15) is 0 Å². The molecule has 0 aromatic heterocycles. The molecule has 0 unspecified atom stereocenters. The lowest BCUT2D eigenvalue weighted by Gasteiger charge is -2.32. The van der Waals surface area contributed by atoms with Gasteiger partial charge in [-0.15, -0.1) is 0 Å². The van der Waals surface area contributed by atoms with E-state index in [4.69, 9.17) is 0 Å². The third-order valence-electron chi connectivity index (χ3n) is 5.34. The second-order valence-corrected chi connectivity index (χ2v) is 8.10. The number of likely N-dealkylation sites (tertiary alicyclic amines) is 1. The van der Waals surface area contributed by atoms with Gasteiger partial charge in [-0.25, -0.2) is 4.79 Å². The molecule has 2 aromatic carbocycles. The number of hydrogen-bond donors (Lipinski definition) is 2. The first-order valence-corrected chi connectivity index (χ1v) is 10.5. The maximum absolute atomic E-state index is 12.8. The van der Waals surface area contributed by atoms with Crippen molar-refractivity contribution in [2.45, 2.75) is 45.7 Å². The highest BCUT2D eigenvalue weighted by atomic mass is 16.2. The van der Waals surface area contributed by atoms with E-state index in [-0.39, 0.29) is 18.0 Å². The molecule has 29 heavy (non-hydrogen) atoms. The average molecular weight is 394 g/mol. The van der Waals surface area contributed by atoms with Gasteiger partial charge in [0.2, 0.25) is 0 Å². The lowest BCUT2D eigenvalue weighted by atomic mass is 9.90. The predicted molar refractivity (Wildman–Crippen MR) is 116 cm³/mol. The van der Waals surface area contributed by atoms with Crippen LogP contribution in [0.25, 0.3) is 0 Å². The molecule has 0 bridgehead atoms. The van der Waals surface area contributed by atoms with Gasteiger partial charge in [-0.1, -0.05) is 42.5 Å². The van der Waals surface area contributed by atoms with E-state index in [2.05, 4.69) is 34.9 Å². The fraction of sp³-hybridized carbons (Fsp3) is 0.417. The Morgan fingerprint density at radius 1 is 0.966 bits per heavy atom. The summed E-state index contributed by atoms with van der Waals surface area (Å²) in [6.07, 6.45) is 3.19. The molecular formula is C24H31N3O2. The van der Waals surface area contributed by atoms with Crippen molar-refractivity contribution < 1.29 is 9.59 Å². The normalized spacial score (nSPS) is 14.7. The monoisotopic (exact) mass is 393 g/mol. The second-order valence-electron chi connectivity index (χ2n) is 8.10. The van der Waals surface area contributed by atoms with Gasteiger partial charge in [0.05, 0.1) is 0 Å². The lowest BCUT2D eigenvalue weighted by Crippen LogP contribution is -2.39. The summed E-state index contributed by atoms with van der Waals surface area (Å²) in [7, 11) is 0. The summed E-state index contributed by atoms with van der Waals surface area (Å²) in [5.41, 5.74) is 3.06. The molecular weight excluding hydrogens is 362 g/mol. The van der Waals surface area contributed by atoms with E-state index < -0.39 is 0 Å². The predicted octanol–water partition coefficient (Wildman–Crippen LogP) is 3.99. The molecule has 5 heteroatoms. The highest BCUT2D eigenvalue weighted by Crippen LogP contribution is 2.23. The van der Waals surface area contributed by atoms with Crippen molar-refractivity contribution in [3.8, 4) is 0 Å². The topological polar surface area (TPSA) is 61.4 Å².